The number of fused-ring (bicyclic) bond motifs is 1. The van der Waals surface area contributed by atoms with Crippen LogP contribution in [0.4, 0.5) is 5.69 Å². The van der Waals surface area contributed by atoms with Gasteiger partial charge in [0.25, 0.3) is 5.91 Å². The van der Waals surface area contributed by atoms with E-state index in [1.165, 1.54) is 0 Å². The monoisotopic (exact) mass is 427 g/mol. The summed E-state index contributed by atoms with van der Waals surface area (Å²) in [7, 11) is 0. The van der Waals surface area contributed by atoms with E-state index in [9.17, 15) is 14.4 Å². The van der Waals surface area contributed by atoms with E-state index >= 15 is 0 Å². The van der Waals surface area contributed by atoms with E-state index < -0.39 is 18.0 Å². The van der Waals surface area contributed by atoms with Gasteiger partial charge in [-0.05, 0) is 43.2 Å². The summed E-state index contributed by atoms with van der Waals surface area (Å²) < 4.78 is 11.1. The average molecular weight is 427 g/mol. The molecule has 4 aromatic rings. The Morgan fingerprint density at radius 1 is 0.906 bits per heavy atom. The number of amides is 1. The molecule has 3 aromatic carbocycles. The molecule has 1 heterocycles. The molecule has 1 atom stereocenters. The lowest BCUT2D eigenvalue weighted by Crippen LogP contribution is -2.26. The minimum absolute atomic E-state index is 0.267. The zero-order chi connectivity index (χ0) is 22.7. The molecule has 1 aromatic heterocycles. The number of hydrogen-bond acceptors (Lipinski definition) is 5. The minimum Gasteiger partial charge on any atom is -0.449 e. The number of aryl methyl sites for hydroxylation is 2. The molecular weight excluding hydrogens is 406 g/mol. The molecule has 0 saturated heterocycles. The first kappa shape index (κ1) is 21.1. The molecule has 0 aliphatic carbocycles. The van der Waals surface area contributed by atoms with Crippen LogP contribution in [-0.2, 0) is 9.53 Å². The van der Waals surface area contributed by atoms with E-state index in [4.69, 9.17) is 9.15 Å². The molecule has 160 valence electrons. The maximum atomic E-state index is 13.1. The summed E-state index contributed by atoms with van der Waals surface area (Å²) in [6.45, 7) is 3.80. The molecule has 32 heavy (non-hydrogen) atoms. The maximum absolute atomic E-state index is 13.1. The largest absolute Gasteiger partial charge is 0.449 e. The Morgan fingerprint density at radius 2 is 1.62 bits per heavy atom. The van der Waals surface area contributed by atoms with Crippen LogP contribution < -0.4 is 10.7 Å². The van der Waals surface area contributed by atoms with Crippen LogP contribution in [0.2, 0.25) is 0 Å². The molecule has 6 nitrogen and oxygen atoms in total. The summed E-state index contributed by atoms with van der Waals surface area (Å²) in [5.41, 5.74) is 2.88. The second kappa shape index (κ2) is 8.89. The normalized spacial score (nSPS) is 11.7. The molecule has 0 fully saturated rings. The first-order chi connectivity index (χ1) is 15.4. The van der Waals surface area contributed by atoms with Crippen LogP contribution in [0.15, 0.2) is 88.1 Å². The molecule has 0 bridgehead atoms. The third-order valence-electron chi connectivity index (χ3n) is 5.05. The number of rotatable bonds is 5. The zero-order valence-electron chi connectivity index (χ0n) is 17.6. The number of ether oxygens (including phenoxy) is 1. The fourth-order valence-corrected chi connectivity index (χ4v) is 3.34. The van der Waals surface area contributed by atoms with Gasteiger partial charge in [0, 0.05) is 17.3 Å². The van der Waals surface area contributed by atoms with Crippen molar-refractivity contribution in [3.63, 3.8) is 0 Å². The van der Waals surface area contributed by atoms with E-state index in [0.29, 0.717) is 16.6 Å². The number of para-hydroxylation sites is 1. The zero-order valence-corrected chi connectivity index (χ0v) is 17.6. The number of carbonyl (C=O) groups is 2. The lowest BCUT2D eigenvalue weighted by molar-refractivity contribution is -0.125. The van der Waals surface area contributed by atoms with E-state index in [1.807, 2.05) is 32.0 Å². The molecule has 6 heteroatoms. The first-order valence-electron chi connectivity index (χ1n) is 10.1. The lowest BCUT2D eigenvalue weighted by atomic mass is 10.1. The van der Waals surface area contributed by atoms with Gasteiger partial charge >= 0.3 is 5.97 Å². The number of esters is 1. The van der Waals surface area contributed by atoms with Gasteiger partial charge in [-0.1, -0.05) is 54.6 Å². The van der Waals surface area contributed by atoms with Crippen LogP contribution in [-0.4, -0.2) is 11.9 Å². The van der Waals surface area contributed by atoms with Crippen molar-refractivity contribution >= 4 is 28.5 Å². The number of hydrogen-bond donors (Lipinski definition) is 1. The van der Waals surface area contributed by atoms with E-state index in [0.717, 1.165) is 17.2 Å². The molecule has 0 aliphatic heterocycles. The molecule has 4 rings (SSSR count). The predicted octanol–water partition coefficient (Wildman–Crippen LogP) is 4.95. The standard InChI is InChI=1S/C26H21NO5/c1-16-12-13-17(2)20(14-16)27-25(29)24(18-8-4-3-5-9-18)32-26(30)23-15-21(28)19-10-6-7-11-22(19)31-23/h3-15,24H,1-2H3,(H,27,29)/t24-/m0/s1. The van der Waals surface area contributed by atoms with Gasteiger partial charge < -0.3 is 14.5 Å². The van der Waals surface area contributed by atoms with Gasteiger partial charge in [-0.3, -0.25) is 9.59 Å². The lowest BCUT2D eigenvalue weighted by Gasteiger charge is -2.19. The quantitative estimate of drug-likeness (QED) is 0.456. The summed E-state index contributed by atoms with van der Waals surface area (Å²) in [5, 5.41) is 3.20. The van der Waals surface area contributed by atoms with Gasteiger partial charge in [0.15, 0.2) is 5.43 Å². The van der Waals surface area contributed by atoms with Crippen molar-refractivity contribution in [2.45, 2.75) is 20.0 Å². The Hall–Kier alpha value is -4.19. The van der Waals surface area contributed by atoms with Crippen LogP contribution in [0.3, 0.4) is 0 Å². The number of nitrogens with one attached hydrogen (secondary N) is 1. The second-order valence-corrected chi connectivity index (χ2v) is 7.47. The molecule has 0 unspecified atom stereocenters. The van der Waals surface area contributed by atoms with Crippen molar-refractivity contribution in [1.82, 2.24) is 0 Å². The van der Waals surface area contributed by atoms with Crippen molar-refractivity contribution in [2.75, 3.05) is 5.32 Å². The van der Waals surface area contributed by atoms with Crippen molar-refractivity contribution in [2.24, 2.45) is 0 Å². The smallest absolute Gasteiger partial charge is 0.375 e. The average Bonchev–Trinajstić information content (AvgIpc) is 2.80. The molecule has 0 aliphatic rings. The topological polar surface area (TPSA) is 85.6 Å². The third kappa shape index (κ3) is 4.44. The Bertz CT molecular complexity index is 1360. The van der Waals surface area contributed by atoms with Crippen molar-refractivity contribution < 1.29 is 18.7 Å². The second-order valence-electron chi connectivity index (χ2n) is 7.47. The summed E-state index contributed by atoms with van der Waals surface area (Å²) in [6, 6.07) is 22.1. The summed E-state index contributed by atoms with van der Waals surface area (Å²) in [6.07, 6.45) is -1.24. The van der Waals surface area contributed by atoms with Gasteiger partial charge in [-0.2, -0.15) is 0 Å². The predicted molar refractivity (Wildman–Crippen MR) is 122 cm³/mol. The first-order valence-corrected chi connectivity index (χ1v) is 10.1. The van der Waals surface area contributed by atoms with Gasteiger partial charge in [-0.25, -0.2) is 4.79 Å². The van der Waals surface area contributed by atoms with Crippen LogP contribution >= 0.6 is 0 Å². The summed E-state index contributed by atoms with van der Waals surface area (Å²) >= 11 is 0. The fourth-order valence-electron chi connectivity index (χ4n) is 3.34. The van der Waals surface area contributed by atoms with Crippen molar-refractivity contribution in [3.05, 3.63) is 112 Å². The Balaban J connectivity index is 1.65. The molecule has 0 saturated carbocycles. The highest BCUT2D eigenvalue weighted by atomic mass is 16.6. The maximum Gasteiger partial charge on any atom is 0.375 e. The van der Waals surface area contributed by atoms with Crippen molar-refractivity contribution in [1.29, 1.82) is 0 Å². The minimum atomic E-state index is -1.24. The summed E-state index contributed by atoms with van der Waals surface area (Å²) in [4.78, 5) is 38.4. The highest BCUT2D eigenvalue weighted by molar-refractivity contribution is 5.98. The van der Waals surface area contributed by atoms with Gasteiger partial charge in [0.1, 0.15) is 5.58 Å². The molecule has 0 spiro atoms. The highest BCUT2D eigenvalue weighted by Gasteiger charge is 2.27. The van der Waals surface area contributed by atoms with Gasteiger partial charge in [0.05, 0.1) is 5.39 Å². The van der Waals surface area contributed by atoms with Crippen molar-refractivity contribution in [3.8, 4) is 0 Å². The SMILES string of the molecule is Cc1ccc(C)c(NC(=O)[C@@H](OC(=O)c2cc(=O)c3ccccc3o2)c2ccccc2)c1. The molecule has 0 radical (unpaired) electrons. The van der Waals surface area contributed by atoms with E-state index in [2.05, 4.69) is 5.32 Å². The third-order valence-corrected chi connectivity index (χ3v) is 5.05. The van der Waals surface area contributed by atoms with Gasteiger partial charge in [-0.15, -0.1) is 0 Å². The van der Waals surface area contributed by atoms with Crippen LogP contribution in [0, 0.1) is 13.8 Å². The van der Waals surface area contributed by atoms with Gasteiger partial charge in [0.2, 0.25) is 11.9 Å². The number of anilines is 1. The van der Waals surface area contributed by atoms with Crippen LogP contribution in [0.5, 0.6) is 0 Å². The molecule has 1 amide bonds. The Morgan fingerprint density at radius 3 is 2.41 bits per heavy atom. The van der Waals surface area contributed by atoms with Crippen LogP contribution in [0.25, 0.3) is 11.0 Å². The highest BCUT2D eigenvalue weighted by Crippen LogP contribution is 2.24. The Labute approximate surface area is 184 Å². The number of benzene rings is 3. The Kier molecular flexibility index (Phi) is 5.85. The number of carbonyl (C=O) groups excluding carboxylic acids is 2. The summed E-state index contributed by atoms with van der Waals surface area (Å²) in [5.74, 6) is -1.69. The van der Waals surface area contributed by atoms with E-state index in [1.54, 1.807) is 54.6 Å². The van der Waals surface area contributed by atoms with Crippen LogP contribution in [0.1, 0.15) is 33.3 Å². The molecular formula is C26H21NO5. The van der Waals surface area contributed by atoms with E-state index in [-0.39, 0.29) is 16.8 Å². The molecule has 1 N–H and O–H groups in total. The fraction of sp³-hybridized carbons (Fsp3) is 0.115.